The van der Waals surface area contributed by atoms with Gasteiger partial charge in [-0.3, -0.25) is 9.89 Å². The van der Waals surface area contributed by atoms with Gasteiger partial charge in [-0.2, -0.15) is 0 Å². The summed E-state index contributed by atoms with van der Waals surface area (Å²) < 4.78 is 0. The molecule has 1 aliphatic heterocycles. The molecule has 24 heavy (non-hydrogen) atoms. The van der Waals surface area contributed by atoms with E-state index < -0.39 is 0 Å². The third-order valence-electron chi connectivity index (χ3n) is 5.29. The molecule has 1 saturated heterocycles. The van der Waals surface area contributed by atoms with Crippen molar-refractivity contribution < 1.29 is 0 Å². The Morgan fingerprint density at radius 1 is 1.25 bits per heavy atom. The van der Waals surface area contributed by atoms with E-state index in [1.807, 2.05) is 18.4 Å². The Morgan fingerprint density at radius 2 is 1.96 bits per heavy atom. The fourth-order valence-corrected chi connectivity index (χ4v) is 4.16. The van der Waals surface area contributed by atoms with Crippen molar-refractivity contribution in [3.8, 4) is 0 Å². The van der Waals surface area contributed by atoms with Gasteiger partial charge in [-0.25, -0.2) is 0 Å². The van der Waals surface area contributed by atoms with Gasteiger partial charge < -0.3 is 5.73 Å². The number of hydrogen-bond donors (Lipinski definition) is 1. The Labute approximate surface area is 147 Å². The molecule has 1 spiro atoms. The van der Waals surface area contributed by atoms with Crippen LogP contribution in [0.1, 0.15) is 43.2 Å². The lowest BCUT2D eigenvalue weighted by Gasteiger charge is -2.39. The highest BCUT2D eigenvalue weighted by molar-refractivity contribution is 5.71. The normalized spacial score (nSPS) is 22.5. The summed E-state index contributed by atoms with van der Waals surface area (Å²) >= 11 is 0. The number of hydrogen-bond acceptors (Lipinski definition) is 3. The average molecular weight is 326 g/mol. The summed E-state index contributed by atoms with van der Waals surface area (Å²) in [6.07, 6.45) is 11.4. The molecule has 0 amide bonds. The standard InChI is InChI=1S/C20H26N2.CH5N/c1-3-4-7-12-21-16-22-13-10-20(11-14-22)15-17(2)18-8-5-6-9-19(18)20;1-2/h3-9,12,17H,1,10-11,13-16H2,2H3;2H2,1H3/b7-4-,21-12-;. The number of rotatable bonds is 4. The van der Waals surface area contributed by atoms with Crippen LogP contribution in [-0.4, -0.2) is 37.9 Å². The van der Waals surface area contributed by atoms with Gasteiger partial charge in [0.25, 0.3) is 0 Å². The summed E-state index contributed by atoms with van der Waals surface area (Å²) in [5, 5.41) is 0. The second-order valence-corrected chi connectivity index (χ2v) is 6.68. The summed E-state index contributed by atoms with van der Waals surface area (Å²) in [4.78, 5) is 6.94. The van der Waals surface area contributed by atoms with Gasteiger partial charge in [0.05, 0.1) is 6.67 Å². The fraction of sp³-hybridized carbons (Fsp3) is 0.476. The molecule has 1 aromatic carbocycles. The lowest BCUT2D eigenvalue weighted by Crippen LogP contribution is -2.41. The minimum Gasteiger partial charge on any atom is -0.333 e. The topological polar surface area (TPSA) is 41.6 Å². The number of allylic oxidation sites excluding steroid dienone is 3. The van der Waals surface area contributed by atoms with E-state index >= 15 is 0 Å². The van der Waals surface area contributed by atoms with Crippen molar-refractivity contribution in [2.24, 2.45) is 10.7 Å². The van der Waals surface area contributed by atoms with Gasteiger partial charge in [0.15, 0.2) is 0 Å². The van der Waals surface area contributed by atoms with Gasteiger partial charge in [-0.05, 0) is 54.8 Å². The molecule has 1 heterocycles. The smallest absolute Gasteiger partial charge is 0.0909 e. The highest BCUT2D eigenvalue weighted by atomic mass is 15.2. The number of likely N-dealkylation sites (tertiary alicyclic amines) is 1. The van der Waals surface area contributed by atoms with Crippen LogP contribution in [-0.2, 0) is 5.41 Å². The number of fused-ring (bicyclic) bond motifs is 2. The maximum absolute atomic E-state index is 4.50. The number of nitrogens with zero attached hydrogens (tertiary/aromatic N) is 2. The van der Waals surface area contributed by atoms with E-state index in [9.17, 15) is 0 Å². The predicted molar refractivity (Wildman–Crippen MR) is 105 cm³/mol. The molecule has 2 N–H and O–H groups in total. The Hall–Kier alpha value is -1.71. The van der Waals surface area contributed by atoms with Crippen molar-refractivity contribution in [3.05, 3.63) is 60.2 Å². The van der Waals surface area contributed by atoms with Crippen LogP contribution >= 0.6 is 0 Å². The quantitative estimate of drug-likeness (QED) is 0.674. The van der Waals surface area contributed by atoms with E-state index in [2.05, 4.69) is 53.4 Å². The number of benzene rings is 1. The van der Waals surface area contributed by atoms with Crippen LogP contribution in [0.25, 0.3) is 0 Å². The first-order valence-corrected chi connectivity index (χ1v) is 8.92. The predicted octanol–water partition coefficient (Wildman–Crippen LogP) is 3.87. The fourth-order valence-electron chi connectivity index (χ4n) is 4.16. The van der Waals surface area contributed by atoms with Gasteiger partial charge in [-0.1, -0.05) is 49.9 Å². The van der Waals surface area contributed by atoms with Crippen molar-refractivity contribution in [1.29, 1.82) is 0 Å². The maximum Gasteiger partial charge on any atom is 0.0909 e. The molecule has 3 heteroatoms. The van der Waals surface area contributed by atoms with Crippen molar-refractivity contribution in [1.82, 2.24) is 4.90 Å². The molecule has 0 bridgehead atoms. The Balaban J connectivity index is 0.00000100. The zero-order valence-corrected chi connectivity index (χ0v) is 15.1. The van der Waals surface area contributed by atoms with Crippen molar-refractivity contribution in [2.75, 3.05) is 26.8 Å². The van der Waals surface area contributed by atoms with Crippen LogP contribution in [0.4, 0.5) is 0 Å². The molecule has 0 radical (unpaired) electrons. The first-order chi connectivity index (χ1) is 11.7. The summed E-state index contributed by atoms with van der Waals surface area (Å²) in [6, 6.07) is 9.10. The highest BCUT2D eigenvalue weighted by Crippen LogP contribution is 2.51. The third-order valence-corrected chi connectivity index (χ3v) is 5.29. The van der Waals surface area contributed by atoms with E-state index in [-0.39, 0.29) is 0 Å². The Bertz CT molecular complexity index is 581. The molecular weight excluding hydrogens is 294 g/mol. The van der Waals surface area contributed by atoms with Crippen LogP contribution in [0.15, 0.2) is 54.1 Å². The lowest BCUT2D eigenvalue weighted by molar-refractivity contribution is 0.160. The summed E-state index contributed by atoms with van der Waals surface area (Å²) in [5.74, 6) is 0.713. The third kappa shape index (κ3) is 4.03. The summed E-state index contributed by atoms with van der Waals surface area (Å²) in [5.41, 5.74) is 8.14. The Morgan fingerprint density at radius 3 is 2.67 bits per heavy atom. The van der Waals surface area contributed by atoms with Crippen molar-refractivity contribution >= 4 is 6.21 Å². The molecule has 1 unspecified atom stereocenters. The maximum atomic E-state index is 4.50. The molecule has 1 aromatic rings. The lowest BCUT2D eigenvalue weighted by atomic mass is 9.73. The number of aliphatic imine (C=N–C) groups is 1. The van der Waals surface area contributed by atoms with Gasteiger partial charge in [-0.15, -0.1) is 0 Å². The Kier molecular flexibility index (Phi) is 6.95. The molecule has 130 valence electrons. The van der Waals surface area contributed by atoms with E-state index in [4.69, 9.17) is 0 Å². The molecule has 1 aliphatic carbocycles. The van der Waals surface area contributed by atoms with E-state index in [1.165, 1.54) is 26.3 Å². The molecule has 0 aromatic heterocycles. The second kappa shape index (κ2) is 8.95. The van der Waals surface area contributed by atoms with Gasteiger partial charge >= 0.3 is 0 Å². The molecular formula is C21H31N3. The second-order valence-electron chi connectivity index (χ2n) is 6.68. The number of nitrogens with two attached hydrogens (primary N) is 1. The van der Waals surface area contributed by atoms with Gasteiger partial charge in [0, 0.05) is 19.3 Å². The minimum atomic E-state index is 0.430. The van der Waals surface area contributed by atoms with E-state index in [1.54, 1.807) is 17.2 Å². The molecule has 1 atom stereocenters. The first kappa shape index (κ1) is 18.6. The van der Waals surface area contributed by atoms with E-state index in [0.717, 1.165) is 19.8 Å². The molecule has 3 nitrogen and oxygen atoms in total. The van der Waals surface area contributed by atoms with Gasteiger partial charge in [0.2, 0.25) is 0 Å². The number of piperidine rings is 1. The molecule has 0 saturated carbocycles. The zero-order valence-electron chi connectivity index (χ0n) is 15.1. The van der Waals surface area contributed by atoms with Crippen molar-refractivity contribution in [2.45, 2.75) is 37.5 Å². The minimum absolute atomic E-state index is 0.430. The highest BCUT2D eigenvalue weighted by Gasteiger charge is 2.43. The summed E-state index contributed by atoms with van der Waals surface area (Å²) in [6.45, 7) is 9.17. The first-order valence-electron chi connectivity index (χ1n) is 8.92. The zero-order chi connectivity index (χ0) is 17.4. The van der Waals surface area contributed by atoms with Crippen LogP contribution in [0, 0.1) is 0 Å². The molecule has 1 fully saturated rings. The van der Waals surface area contributed by atoms with Crippen molar-refractivity contribution in [3.63, 3.8) is 0 Å². The molecule has 2 aliphatic rings. The molecule has 3 rings (SSSR count). The monoisotopic (exact) mass is 325 g/mol. The van der Waals surface area contributed by atoms with Gasteiger partial charge in [0.1, 0.15) is 0 Å². The van der Waals surface area contributed by atoms with Crippen LogP contribution in [0.3, 0.4) is 0 Å². The van der Waals surface area contributed by atoms with Crippen LogP contribution in [0.5, 0.6) is 0 Å². The summed E-state index contributed by atoms with van der Waals surface area (Å²) in [7, 11) is 1.50. The SMILES string of the molecule is C=C/C=C\C=N/CN1CCC2(CC1)CC(C)c1ccccc12.CN. The average Bonchev–Trinajstić information content (AvgIpc) is 2.91. The van der Waals surface area contributed by atoms with E-state index in [0.29, 0.717) is 11.3 Å². The largest absolute Gasteiger partial charge is 0.333 e. The van der Waals surface area contributed by atoms with Crippen LogP contribution in [0.2, 0.25) is 0 Å². The van der Waals surface area contributed by atoms with Crippen LogP contribution < -0.4 is 5.73 Å².